The minimum atomic E-state index is -0.979. The topological polar surface area (TPSA) is 93.6 Å². The van der Waals surface area contributed by atoms with Crippen LogP contribution < -0.4 is 4.90 Å². The molecule has 7 heteroatoms. The molecule has 2 amide bonds. The first-order chi connectivity index (χ1) is 20.6. The summed E-state index contributed by atoms with van der Waals surface area (Å²) in [6, 6.07) is 21.6. The minimum absolute atomic E-state index is 0.117. The van der Waals surface area contributed by atoms with Gasteiger partial charge in [0.2, 0.25) is 17.6 Å². The summed E-state index contributed by atoms with van der Waals surface area (Å²) in [6.45, 7) is 7.58. The number of esters is 1. The van der Waals surface area contributed by atoms with Crippen LogP contribution in [-0.4, -0.2) is 34.7 Å². The third-order valence-corrected chi connectivity index (χ3v) is 8.78. The third kappa shape index (κ3) is 5.36. The number of ether oxygens (including phenoxy) is 1. The second-order valence-electron chi connectivity index (χ2n) is 12.0. The molecule has 0 spiro atoms. The van der Waals surface area contributed by atoms with Crippen molar-refractivity contribution in [3.8, 4) is 11.3 Å². The number of hydrogen-bond acceptors (Lipinski definition) is 6. The number of imide groups is 1. The minimum Gasteiger partial charge on any atom is -0.451 e. The molecule has 1 aliphatic heterocycles. The van der Waals surface area contributed by atoms with E-state index >= 15 is 0 Å². The smallest absolute Gasteiger partial charge is 0.339 e. The van der Waals surface area contributed by atoms with Crippen molar-refractivity contribution < 1.29 is 23.9 Å². The monoisotopic (exact) mass is 574 g/mol. The fourth-order valence-electron chi connectivity index (χ4n) is 6.31. The number of fused-ring (bicyclic) bond motifs is 2. The highest BCUT2D eigenvalue weighted by atomic mass is 16.5. The van der Waals surface area contributed by atoms with Gasteiger partial charge in [-0.1, -0.05) is 60.5 Å². The largest absolute Gasteiger partial charge is 0.451 e. The molecule has 1 saturated heterocycles. The van der Waals surface area contributed by atoms with Gasteiger partial charge in [-0.15, -0.1) is 0 Å². The van der Waals surface area contributed by atoms with Crippen molar-refractivity contribution in [2.45, 2.75) is 53.1 Å². The van der Waals surface area contributed by atoms with E-state index in [1.54, 1.807) is 37.3 Å². The van der Waals surface area contributed by atoms with Crippen molar-refractivity contribution in [1.29, 1.82) is 0 Å². The Kier molecular flexibility index (Phi) is 7.42. The second-order valence-corrected chi connectivity index (χ2v) is 12.0. The second kappa shape index (κ2) is 11.2. The maximum atomic E-state index is 13.5. The van der Waals surface area contributed by atoms with Gasteiger partial charge in [0.25, 0.3) is 0 Å². The lowest BCUT2D eigenvalue weighted by Crippen LogP contribution is -2.30. The van der Waals surface area contributed by atoms with Crippen LogP contribution in [0.15, 0.2) is 72.8 Å². The number of aryl methyl sites for hydroxylation is 2. The molecule has 0 N–H and O–H groups in total. The Bertz CT molecular complexity index is 1760. The zero-order valence-electron chi connectivity index (χ0n) is 24.8. The van der Waals surface area contributed by atoms with Crippen LogP contribution in [0.4, 0.5) is 5.69 Å². The number of pyridine rings is 1. The molecule has 2 fully saturated rings. The van der Waals surface area contributed by atoms with Crippen molar-refractivity contribution in [2.75, 3.05) is 4.90 Å². The number of benzene rings is 3. The van der Waals surface area contributed by atoms with Gasteiger partial charge in [0.1, 0.15) is 0 Å². The first-order valence-electron chi connectivity index (χ1n) is 14.8. The third-order valence-electron chi connectivity index (χ3n) is 8.78. The van der Waals surface area contributed by atoms with Crippen LogP contribution >= 0.6 is 0 Å². The molecule has 0 unspecified atom stereocenters. The summed E-state index contributed by atoms with van der Waals surface area (Å²) in [5.74, 6) is -1.17. The summed E-state index contributed by atoms with van der Waals surface area (Å²) < 4.78 is 5.69. The normalized spacial score (nSPS) is 20.7. The highest BCUT2D eigenvalue weighted by molar-refractivity contribution is 6.22. The molecule has 2 heterocycles. The molecule has 0 bridgehead atoms. The van der Waals surface area contributed by atoms with E-state index in [9.17, 15) is 19.2 Å². The Morgan fingerprint density at radius 2 is 1.53 bits per heavy atom. The number of nitrogens with zero attached hydrogens (tertiary/aromatic N) is 2. The predicted octanol–water partition coefficient (Wildman–Crippen LogP) is 6.87. The van der Waals surface area contributed by atoms with Gasteiger partial charge in [-0.3, -0.25) is 19.3 Å². The fourth-order valence-corrected chi connectivity index (χ4v) is 6.31. The number of anilines is 1. The van der Waals surface area contributed by atoms with Gasteiger partial charge >= 0.3 is 5.97 Å². The molecule has 4 aromatic rings. The summed E-state index contributed by atoms with van der Waals surface area (Å²) in [6.07, 6.45) is 1.48. The van der Waals surface area contributed by atoms with Crippen LogP contribution in [0, 0.1) is 31.6 Å². The van der Waals surface area contributed by atoms with Gasteiger partial charge in [-0.2, -0.15) is 0 Å². The lowest BCUT2D eigenvalue weighted by atomic mass is 9.76. The molecule has 1 saturated carbocycles. The van der Waals surface area contributed by atoms with Crippen LogP contribution in [0.25, 0.3) is 22.2 Å². The first kappa shape index (κ1) is 28.5. The fraction of sp³-hybridized carbons (Fsp3) is 0.306. The molecule has 2 aliphatic rings. The van der Waals surface area contributed by atoms with Gasteiger partial charge in [0.05, 0.1) is 34.3 Å². The summed E-state index contributed by atoms with van der Waals surface area (Å²) in [4.78, 5) is 59.0. The molecule has 1 aromatic heterocycles. The van der Waals surface area contributed by atoms with Crippen molar-refractivity contribution in [3.05, 3.63) is 95.1 Å². The summed E-state index contributed by atoms with van der Waals surface area (Å²) >= 11 is 0. The summed E-state index contributed by atoms with van der Waals surface area (Å²) in [5.41, 5.74) is 5.18. The Morgan fingerprint density at radius 1 is 0.860 bits per heavy atom. The average molecular weight is 575 g/mol. The number of ketones is 1. The summed E-state index contributed by atoms with van der Waals surface area (Å²) in [7, 11) is 0. The van der Waals surface area contributed by atoms with E-state index in [0.29, 0.717) is 44.9 Å². The SMILES string of the molecule is Cc1ccc(C(=O)[C@H](C)OC(=O)c2cc(-c3ccc(N4C(=O)[C@H]5C[C@@H](C)CC[C@H]5C4=O)cc3)nc3ccc(C)cc23)cc1. The molecule has 4 atom stereocenters. The number of hydrogen-bond donors (Lipinski definition) is 0. The van der Waals surface area contributed by atoms with Gasteiger partial charge in [-0.05, 0) is 76.3 Å². The van der Waals surface area contributed by atoms with Crippen LogP contribution in [0.2, 0.25) is 0 Å². The Hall–Kier alpha value is -4.65. The van der Waals surface area contributed by atoms with Crippen molar-refractivity contribution in [2.24, 2.45) is 17.8 Å². The molecule has 43 heavy (non-hydrogen) atoms. The quantitative estimate of drug-likeness (QED) is 0.142. The predicted molar refractivity (Wildman–Crippen MR) is 165 cm³/mol. The lowest BCUT2D eigenvalue weighted by Gasteiger charge is -2.25. The highest BCUT2D eigenvalue weighted by Crippen LogP contribution is 2.42. The molecular formula is C36H34N2O5. The zero-order chi connectivity index (χ0) is 30.4. The van der Waals surface area contributed by atoms with Gasteiger partial charge in [0, 0.05) is 16.5 Å². The number of Topliss-reactive ketones (excluding diaryl/α,β-unsaturated/α-hetero) is 1. The van der Waals surface area contributed by atoms with E-state index in [1.807, 2.05) is 56.3 Å². The highest BCUT2D eigenvalue weighted by Gasteiger charge is 2.49. The number of carbonyl (C=O) groups excluding carboxylic acids is 4. The van der Waals surface area contributed by atoms with Gasteiger partial charge < -0.3 is 4.74 Å². The number of aromatic nitrogens is 1. The van der Waals surface area contributed by atoms with Crippen LogP contribution in [0.5, 0.6) is 0 Å². The van der Waals surface area contributed by atoms with E-state index in [4.69, 9.17) is 9.72 Å². The van der Waals surface area contributed by atoms with Crippen LogP contribution in [-0.2, 0) is 14.3 Å². The van der Waals surface area contributed by atoms with Crippen molar-refractivity contribution >= 4 is 40.2 Å². The Balaban J connectivity index is 1.29. The van der Waals surface area contributed by atoms with Crippen LogP contribution in [0.3, 0.4) is 0 Å². The number of rotatable bonds is 6. The summed E-state index contributed by atoms with van der Waals surface area (Å²) in [5, 5.41) is 0.630. The van der Waals surface area contributed by atoms with Crippen LogP contribution in [0.1, 0.15) is 65.0 Å². The zero-order valence-corrected chi connectivity index (χ0v) is 24.8. The molecule has 6 rings (SSSR count). The van der Waals surface area contributed by atoms with Gasteiger partial charge in [0.15, 0.2) is 6.10 Å². The van der Waals surface area contributed by atoms with E-state index < -0.39 is 12.1 Å². The van der Waals surface area contributed by atoms with E-state index in [2.05, 4.69) is 6.92 Å². The molecule has 7 nitrogen and oxygen atoms in total. The molecule has 1 aliphatic carbocycles. The standard InChI is InChI=1S/C36H34N2O5/c1-20-5-9-25(10-6-20)33(39)23(4)43-36(42)30-19-32(37-31-16-8-22(3)17-28(30)31)24-11-13-26(14-12-24)38-34(40)27-15-7-21(2)18-29(27)35(38)41/h5-6,8-14,16-17,19,21,23,27,29H,7,15,18H2,1-4H3/t21-,23-,27+,29-/m0/s1. The van der Waals surface area contributed by atoms with E-state index in [-0.39, 0.29) is 29.4 Å². The van der Waals surface area contributed by atoms with E-state index in [1.165, 1.54) is 4.90 Å². The van der Waals surface area contributed by atoms with Gasteiger partial charge in [-0.25, -0.2) is 9.78 Å². The maximum Gasteiger partial charge on any atom is 0.339 e. The van der Waals surface area contributed by atoms with Crippen molar-refractivity contribution in [1.82, 2.24) is 4.98 Å². The number of carbonyl (C=O) groups is 4. The molecule has 0 radical (unpaired) electrons. The molecular weight excluding hydrogens is 540 g/mol. The Labute approximate surface area is 250 Å². The van der Waals surface area contributed by atoms with Crippen molar-refractivity contribution in [3.63, 3.8) is 0 Å². The first-order valence-corrected chi connectivity index (χ1v) is 14.8. The number of amides is 2. The average Bonchev–Trinajstić information content (AvgIpc) is 3.25. The molecule has 3 aromatic carbocycles. The maximum absolute atomic E-state index is 13.5. The van der Waals surface area contributed by atoms with E-state index in [0.717, 1.165) is 30.4 Å². The lowest BCUT2D eigenvalue weighted by molar-refractivity contribution is -0.122. The molecule has 218 valence electrons. The Morgan fingerprint density at radius 3 is 2.26 bits per heavy atom.